The fraction of sp³-hybridized carbons (Fsp3) is 0.667. The number of hydrogen-bond acceptors (Lipinski definition) is 8. The lowest BCUT2D eigenvalue weighted by molar-refractivity contribution is -0.210. The number of carbonyl (C=O) groups is 4. The molecule has 2 unspecified atom stereocenters. The van der Waals surface area contributed by atoms with Gasteiger partial charge in [0.05, 0.1) is 12.2 Å². The van der Waals surface area contributed by atoms with E-state index in [-0.39, 0.29) is 0 Å². The summed E-state index contributed by atoms with van der Waals surface area (Å²) in [6.07, 6.45) is -4.29. The van der Waals surface area contributed by atoms with Crippen LogP contribution in [0, 0.1) is 0 Å². The van der Waals surface area contributed by atoms with Gasteiger partial charge in [0.15, 0.2) is 0 Å². The average molecular weight is 288 g/mol. The van der Waals surface area contributed by atoms with Gasteiger partial charge in [-0.2, -0.15) is 0 Å². The van der Waals surface area contributed by atoms with Gasteiger partial charge in [-0.15, -0.1) is 0 Å². The second-order valence-electron chi connectivity index (χ2n) is 4.62. The molecule has 0 spiro atoms. The molecule has 0 amide bonds. The summed E-state index contributed by atoms with van der Waals surface area (Å²) in [4.78, 5) is 45.8. The smallest absolute Gasteiger partial charge is 0.418 e. The second-order valence-corrected chi connectivity index (χ2v) is 4.62. The number of hydrogen-bond donors (Lipinski definition) is 0. The van der Waals surface area contributed by atoms with Crippen LogP contribution in [0.15, 0.2) is 0 Å². The van der Waals surface area contributed by atoms with Crippen LogP contribution in [0.3, 0.4) is 0 Å². The Labute approximate surface area is 115 Å². The molecule has 0 N–H and O–H groups in total. The van der Waals surface area contributed by atoms with Crippen molar-refractivity contribution in [2.75, 3.05) is 0 Å². The molecule has 0 aromatic carbocycles. The minimum Gasteiger partial charge on any atom is -0.460 e. The van der Waals surface area contributed by atoms with Crippen LogP contribution >= 0.6 is 0 Å². The van der Waals surface area contributed by atoms with E-state index in [0.717, 1.165) is 0 Å². The molecule has 112 valence electrons. The lowest BCUT2D eigenvalue weighted by Gasteiger charge is -2.28. The molecule has 0 aliphatic carbocycles. The highest BCUT2D eigenvalue weighted by atomic mass is 16.7. The Hall–Kier alpha value is -2.12. The molecule has 0 aromatic rings. The van der Waals surface area contributed by atoms with Gasteiger partial charge in [0.25, 0.3) is 0 Å². The monoisotopic (exact) mass is 288 g/mol. The minimum atomic E-state index is -1.66. The van der Waals surface area contributed by atoms with Gasteiger partial charge in [0, 0.05) is 0 Å². The molecule has 1 aliphatic heterocycles. The molecule has 20 heavy (non-hydrogen) atoms. The summed E-state index contributed by atoms with van der Waals surface area (Å²) in [7, 11) is 0. The average Bonchev–Trinajstić information content (AvgIpc) is 2.30. The van der Waals surface area contributed by atoms with Gasteiger partial charge in [-0.1, -0.05) is 0 Å². The maximum Gasteiger partial charge on any atom is 0.418 e. The Morgan fingerprint density at radius 2 is 1.15 bits per heavy atom. The Morgan fingerprint density at radius 3 is 1.40 bits per heavy atom. The lowest BCUT2D eigenvalue weighted by atomic mass is 10.2. The van der Waals surface area contributed by atoms with Crippen molar-refractivity contribution in [3.8, 4) is 0 Å². The van der Waals surface area contributed by atoms with Crippen LogP contribution in [-0.4, -0.2) is 48.3 Å². The zero-order valence-electron chi connectivity index (χ0n) is 11.6. The van der Waals surface area contributed by atoms with Crippen molar-refractivity contribution in [2.45, 2.75) is 52.1 Å². The molecule has 0 saturated carbocycles. The van der Waals surface area contributed by atoms with Gasteiger partial charge < -0.3 is 18.9 Å². The summed E-state index contributed by atoms with van der Waals surface area (Å²) in [5.74, 6) is -4.67. The highest BCUT2D eigenvalue weighted by Gasteiger charge is 2.48. The standard InChI is InChI=1S/C12H16O8/c1-5(2)17-9(13)7-8(10(14)18-6(3)4)20-12(16)11(15)19-7/h5-8H,1-4H3. The largest absolute Gasteiger partial charge is 0.460 e. The van der Waals surface area contributed by atoms with Crippen molar-refractivity contribution in [1.29, 1.82) is 0 Å². The maximum atomic E-state index is 11.8. The first-order valence-corrected chi connectivity index (χ1v) is 6.05. The summed E-state index contributed by atoms with van der Waals surface area (Å²) < 4.78 is 18.9. The molecule has 1 aliphatic rings. The zero-order chi connectivity index (χ0) is 15.4. The van der Waals surface area contributed by atoms with Crippen molar-refractivity contribution in [3.63, 3.8) is 0 Å². The normalized spacial score (nSPS) is 22.3. The van der Waals surface area contributed by atoms with Gasteiger partial charge in [-0.3, -0.25) is 0 Å². The Morgan fingerprint density at radius 1 is 0.850 bits per heavy atom. The molecular formula is C12H16O8. The molecule has 1 saturated heterocycles. The van der Waals surface area contributed by atoms with Crippen LogP contribution < -0.4 is 0 Å². The first-order chi connectivity index (χ1) is 9.22. The van der Waals surface area contributed by atoms with E-state index in [1.807, 2.05) is 0 Å². The van der Waals surface area contributed by atoms with Crippen LogP contribution in [0.4, 0.5) is 0 Å². The van der Waals surface area contributed by atoms with Gasteiger partial charge >= 0.3 is 23.9 Å². The van der Waals surface area contributed by atoms with Gasteiger partial charge in [0.1, 0.15) is 0 Å². The first kappa shape index (κ1) is 15.9. The Bertz CT molecular complexity index is 385. The van der Waals surface area contributed by atoms with Crippen LogP contribution in [-0.2, 0) is 38.1 Å². The van der Waals surface area contributed by atoms with Crippen molar-refractivity contribution in [1.82, 2.24) is 0 Å². The SMILES string of the molecule is CC(C)OC(=O)C1OC(=O)C(=O)OC1C(=O)OC(C)C. The molecule has 0 bridgehead atoms. The third kappa shape index (κ3) is 3.94. The highest BCUT2D eigenvalue weighted by molar-refractivity contribution is 6.31. The third-order valence-electron chi connectivity index (χ3n) is 2.08. The van der Waals surface area contributed by atoms with E-state index in [1.54, 1.807) is 27.7 Å². The van der Waals surface area contributed by atoms with Crippen LogP contribution in [0.25, 0.3) is 0 Å². The van der Waals surface area contributed by atoms with Gasteiger partial charge in [-0.05, 0) is 27.7 Å². The van der Waals surface area contributed by atoms with E-state index in [9.17, 15) is 19.2 Å². The minimum absolute atomic E-state index is 0.486. The fourth-order valence-electron chi connectivity index (χ4n) is 1.39. The Balaban J connectivity index is 2.89. The fourth-order valence-corrected chi connectivity index (χ4v) is 1.39. The summed E-state index contributed by atoms with van der Waals surface area (Å²) >= 11 is 0. The zero-order valence-corrected chi connectivity index (χ0v) is 11.6. The number of cyclic esters (lactones) is 2. The second kappa shape index (κ2) is 6.36. The predicted octanol–water partition coefficient (Wildman–Crippen LogP) is -0.273. The van der Waals surface area contributed by atoms with Crippen LogP contribution in [0.2, 0.25) is 0 Å². The van der Waals surface area contributed by atoms with Gasteiger partial charge in [-0.25, -0.2) is 19.2 Å². The van der Waals surface area contributed by atoms with Crippen molar-refractivity contribution in [3.05, 3.63) is 0 Å². The highest BCUT2D eigenvalue weighted by Crippen LogP contribution is 2.17. The summed E-state index contributed by atoms with van der Waals surface area (Å²) in [5.41, 5.74) is 0. The molecule has 1 fully saturated rings. The summed E-state index contributed by atoms with van der Waals surface area (Å²) in [6, 6.07) is 0. The van der Waals surface area contributed by atoms with E-state index in [4.69, 9.17) is 9.47 Å². The van der Waals surface area contributed by atoms with E-state index in [1.165, 1.54) is 0 Å². The molecule has 0 aromatic heterocycles. The lowest BCUT2D eigenvalue weighted by Crippen LogP contribution is -2.53. The van der Waals surface area contributed by atoms with Crippen molar-refractivity contribution < 1.29 is 38.1 Å². The summed E-state index contributed by atoms with van der Waals surface area (Å²) in [6.45, 7) is 6.32. The number of esters is 4. The van der Waals surface area contributed by atoms with E-state index >= 15 is 0 Å². The Kier molecular flexibility index (Phi) is 5.06. The molecular weight excluding hydrogens is 272 g/mol. The predicted molar refractivity (Wildman–Crippen MR) is 62.2 cm³/mol. The van der Waals surface area contributed by atoms with Crippen molar-refractivity contribution >= 4 is 23.9 Å². The van der Waals surface area contributed by atoms with Crippen molar-refractivity contribution in [2.24, 2.45) is 0 Å². The molecule has 1 rings (SSSR count). The first-order valence-electron chi connectivity index (χ1n) is 6.05. The molecule has 8 heteroatoms. The molecule has 8 nitrogen and oxygen atoms in total. The van der Waals surface area contributed by atoms with Crippen LogP contribution in [0.5, 0.6) is 0 Å². The topological polar surface area (TPSA) is 105 Å². The van der Waals surface area contributed by atoms with E-state index in [2.05, 4.69) is 9.47 Å². The number of rotatable bonds is 4. The van der Waals surface area contributed by atoms with E-state index in [0.29, 0.717) is 0 Å². The number of ether oxygens (including phenoxy) is 4. The molecule has 0 radical (unpaired) electrons. The maximum absolute atomic E-state index is 11.8. The molecule has 2 atom stereocenters. The summed E-state index contributed by atoms with van der Waals surface area (Å²) in [5, 5.41) is 0. The third-order valence-corrected chi connectivity index (χ3v) is 2.08. The van der Waals surface area contributed by atoms with E-state index < -0.39 is 48.3 Å². The molecule has 1 heterocycles. The quantitative estimate of drug-likeness (QED) is 0.395. The van der Waals surface area contributed by atoms with Crippen LogP contribution in [0.1, 0.15) is 27.7 Å². The number of carbonyl (C=O) groups excluding carboxylic acids is 4. The van der Waals surface area contributed by atoms with Gasteiger partial charge in [0.2, 0.25) is 12.2 Å².